The van der Waals surface area contributed by atoms with E-state index in [9.17, 15) is 4.39 Å². The van der Waals surface area contributed by atoms with E-state index >= 15 is 0 Å². The van der Waals surface area contributed by atoms with Crippen LogP contribution in [0.25, 0.3) is 11.3 Å². The molecule has 5 heteroatoms. The van der Waals surface area contributed by atoms with Crippen molar-refractivity contribution in [3.05, 3.63) is 40.6 Å². The fourth-order valence-corrected chi connectivity index (χ4v) is 2.48. The second-order valence-electron chi connectivity index (χ2n) is 5.48. The van der Waals surface area contributed by atoms with E-state index in [0.29, 0.717) is 27.6 Å². The average Bonchev–Trinajstić information content (AvgIpc) is 2.85. The van der Waals surface area contributed by atoms with Crippen molar-refractivity contribution in [2.75, 3.05) is 13.1 Å². The molecule has 0 radical (unpaired) electrons. The van der Waals surface area contributed by atoms with E-state index in [1.807, 2.05) is 6.07 Å². The standard InChI is InChI=1S/C16H20BrFN2O/c1-11(2)9-19-5-3-4-16-20-10-15(21-16)12-6-13(17)8-14(18)7-12/h6-8,10-11,19H,3-5,9H2,1-2H3. The third-order valence-corrected chi connectivity index (χ3v) is 3.46. The van der Waals surface area contributed by atoms with Crippen LogP contribution < -0.4 is 5.32 Å². The zero-order valence-corrected chi connectivity index (χ0v) is 13.9. The number of rotatable bonds is 7. The molecular formula is C16H20BrFN2O. The van der Waals surface area contributed by atoms with Crippen LogP contribution in [0, 0.1) is 11.7 Å². The maximum Gasteiger partial charge on any atom is 0.194 e. The van der Waals surface area contributed by atoms with Crippen molar-refractivity contribution in [1.29, 1.82) is 0 Å². The molecule has 0 bridgehead atoms. The summed E-state index contributed by atoms with van der Waals surface area (Å²) in [6, 6.07) is 4.68. The summed E-state index contributed by atoms with van der Waals surface area (Å²) >= 11 is 3.28. The van der Waals surface area contributed by atoms with Crippen molar-refractivity contribution in [2.45, 2.75) is 26.7 Å². The summed E-state index contributed by atoms with van der Waals surface area (Å²) in [6.07, 6.45) is 3.40. The molecule has 0 amide bonds. The van der Waals surface area contributed by atoms with Gasteiger partial charge in [-0.15, -0.1) is 0 Å². The molecule has 0 atom stereocenters. The van der Waals surface area contributed by atoms with Crippen molar-refractivity contribution in [2.24, 2.45) is 5.92 Å². The molecule has 0 saturated carbocycles. The first-order chi connectivity index (χ1) is 10.0. The Morgan fingerprint density at radius 2 is 2.14 bits per heavy atom. The molecule has 0 aliphatic rings. The van der Waals surface area contributed by atoms with E-state index in [1.54, 1.807) is 6.20 Å². The van der Waals surface area contributed by atoms with Crippen LogP contribution in [0.4, 0.5) is 4.39 Å². The van der Waals surface area contributed by atoms with Gasteiger partial charge in [-0.3, -0.25) is 0 Å². The van der Waals surface area contributed by atoms with E-state index in [2.05, 4.69) is 40.1 Å². The van der Waals surface area contributed by atoms with Crippen LogP contribution in [0.2, 0.25) is 0 Å². The molecule has 2 aromatic rings. The molecule has 1 N–H and O–H groups in total. The Morgan fingerprint density at radius 3 is 2.86 bits per heavy atom. The van der Waals surface area contributed by atoms with Crippen molar-refractivity contribution < 1.29 is 8.81 Å². The Morgan fingerprint density at radius 1 is 1.33 bits per heavy atom. The van der Waals surface area contributed by atoms with Crippen LogP contribution >= 0.6 is 15.9 Å². The second-order valence-corrected chi connectivity index (χ2v) is 6.39. The number of aryl methyl sites for hydroxylation is 1. The van der Waals surface area contributed by atoms with E-state index in [-0.39, 0.29) is 5.82 Å². The number of aromatic nitrogens is 1. The van der Waals surface area contributed by atoms with Gasteiger partial charge in [-0.25, -0.2) is 9.37 Å². The Hall–Kier alpha value is -1.20. The van der Waals surface area contributed by atoms with Crippen LogP contribution in [0.15, 0.2) is 33.3 Å². The lowest BCUT2D eigenvalue weighted by Gasteiger charge is -2.05. The summed E-state index contributed by atoms with van der Waals surface area (Å²) in [7, 11) is 0. The fourth-order valence-electron chi connectivity index (χ4n) is 2.01. The molecule has 3 nitrogen and oxygen atoms in total. The summed E-state index contributed by atoms with van der Waals surface area (Å²) in [6.45, 7) is 6.34. The highest BCUT2D eigenvalue weighted by Crippen LogP contribution is 2.25. The zero-order chi connectivity index (χ0) is 15.2. The lowest BCUT2D eigenvalue weighted by Crippen LogP contribution is -2.21. The number of oxazole rings is 1. The maximum absolute atomic E-state index is 13.4. The van der Waals surface area contributed by atoms with Gasteiger partial charge in [0.2, 0.25) is 0 Å². The summed E-state index contributed by atoms with van der Waals surface area (Å²) in [5.74, 6) is 1.65. The first-order valence-corrected chi connectivity index (χ1v) is 7.96. The Balaban J connectivity index is 1.89. The van der Waals surface area contributed by atoms with Crippen LogP contribution in [-0.2, 0) is 6.42 Å². The maximum atomic E-state index is 13.4. The first kappa shape index (κ1) is 16.2. The summed E-state index contributed by atoms with van der Waals surface area (Å²) < 4.78 is 19.7. The van der Waals surface area contributed by atoms with Gasteiger partial charge in [0, 0.05) is 16.5 Å². The van der Waals surface area contributed by atoms with Gasteiger partial charge in [-0.05, 0) is 43.6 Å². The minimum Gasteiger partial charge on any atom is -0.441 e. The Kier molecular flexibility index (Phi) is 5.94. The molecule has 1 aromatic carbocycles. The number of hydrogen-bond acceptors (Lipinski definition) is 3. The normalized spacial score (nSPS) is 11.3. The third-order valence-electron chi connectivity index (χ3n) is 3.00. The van der Waals surface area contributed by atoms with Crippen LogP contribution in [0.5, 0.6) is 0 Å². The Bertz CT molecular complexity index is 563. The van der Waals surface area contributed by atoms with Crippen LogP contribution in [-0.4, -0.2) is 18.1 Å². The van der Waals surface area contributed by atoms with Gasteiger partial charge in [-0.1, -0.05) is 29.8 Å². The molecule has 2 rings (SSSR count). The number of hydrogen-bond donors (Lipinski definition) is 1. The molecule has 0 aliphatic carbocycles. The van der Waals surface area contributed by atoms with Crippen molar-refractivity contribution in [3.63, 3.8) is 0 Å². The van der Waals surface area contributed by atoms with Gasteiger partial charge < -0.3 is 9.73 Å². The molecule has 0 saturated heterocycles. The lowest BCUT2D eigenvalue weighted by molar-refractivity contribution is 0.483. The number of halogens is 2. The Labute approximate surface area is 133 Å². The number of nitrogens with zero attached hydrogens (tertiary/aromatic N) is 1. The second kappa shape index (κ2) is 7.71. The fraction of sp³-hybridized carbons (Fsp3) is 0.438. The highest BCUT2D eigenvalue weighted by molar-refractivity contribution is 9.10. The number of benzene rings is 1. The molecular weight excluding hydrogens is 335 g/mol. The van der Waals surface area contributed by atoms with E-state index < -0.39 is 0 Å². The zero-order valence-electron chi connectivity index (χ0n) is 12.3. The SMILES string of the molecule is CC(C)CNCCCc1ncc(-c2cc(F)cc(Br)c2)o1. The molecule has 0 unspecified atom stereocenters. The largest absolute Gasteiger partial charge is 0.441 e. The lowest BCUT2D eigenvalue weighted by atomic mass is 10.2. The summed E-state index contributed by atoms with van der Waals surface area (Å²) in [5, 5.41) is 3.38. The molecule has 1 heterocycles. The van der Waals surface area contributed by atoms with E-state index in [1.165, 1.54) is 12.1 Å². The quantitative estimate of drug-likeness (QED) is 0.747. The first-order valence-electron chi connectivity index (χ1n) is 7.16. The van der Waals surface area contributed by atoms with Gasteiger partial charge in [0.25, 0.3) is 0 Å². The minimum absolute atomic E-state index is 0.296. The number of nitrogens with one attached hydrogen (secondary N) is 1. The highest BCUT2D eigenvalue weighted by atomic mass is 79.9. The summed E-state index contributed by atoms with van der Waals surface area (Å²) in [4.78, 5) is 4.25. The van der Waals surface area contributed by atoms with Gasteiger partial charge in [0.1, 0.15) is 5.82 Å². The molecule has 21 heavy (non-hydrogen) atoms. The smallest absolute Gasteiger partial charge is 0.194 e. The molecule has 0 aliphatic heterocycles. The highest BCUT2D eigenvalue weighted by Gasteiger charge is 2.08. The molecule has 0 spiro atoms. The third kappa shape index (κ3) is 5.25. The van der Waals surface area contributed by atoms with E-state index in [4.69, 9.17) is 4.42 Å². The van der Waals surface area contributed by atoms with Gasteiger partial charge >= 0.3 is 0 Å². The van der Waals surface area contributed by atoms with Crippen LogP contribution in [0.3, 0.4) is 0 Å². The van der Waals surface area contributed by atoms with Gasteiger partial charge in [-0.2, -0.15) is 0 Å². The van der Waals surface area contributed by atoms with Gasteiger partial charge in [0.15, 0.2) is 11.7 Å². The summed E-state index contributed by atoms with van der Waals surface area (Å²) in [5.41, 5.74) is 0.693. The molecule has 1 aromatic heterocycles. The van der Waals surface area contributed by atoms with Gasteiger partial charge in [0.05, 0.1) is 6.20 Å². The topological polar surface area (TPSA) is 38.1 Å². The monoisotopic (exact) mass is 354 g/mol. The average molecular weight is 355 g/mol. The predicted octanol–water partition coefficient (Wildman–Crippen LogP) is 4.42. The molecule has 0 fully saturated rings. The van der Waals surface area contributed by atoms with Crippen molar-refractivity contribution in [1.82, 2.24) is 10.3 Å². The van der Waals surface area contributed by atoms with Crippen molar-refractivity contribution in [3.8, 4) is 11.3 Å². The minimum atomic E-state index is -0.296. The van der Waals surface area contributed by atoms with E-state index in [0.717, 1.165) is 25.9 Å². The molecule has 114 valence electrons. The van der Waals surface area contributed by atoms with Crippen molar-refractivity contribution >= 4 is 15.9 Å². The predicted molar refractivity (Wildman–Crippen MR) is 85.6 cm³/mol. The van der Waals surface area contributed by atoms with Crippen LogP contribution in [0.1, 0.15) is 26.2 Å².